The average molecular weight is 357 g/mol. The Labute approximate surface area is 94.5 Å². The molecule has 0 atom stereocenters. The van der Waals surface area contributed by atoms with Crippen molar-refractivity contribution in [1.29, 1.82) is 0 Å². The van der Waals surface area contributed by atoms with Crippen molar-refractivity contribution in [3.63, 3.8) is 0 Å². The van der Waals surface area contributed by atoms with Crippen molar-refractivity contribution in [2.24, 2.45) is 0 Å². The van der Waals surface area contributed by atoms with E-state index in [1.807, 2.05) is 34.0 Å². The molecule has 12 heavy (non-hydrogen) atoms. The molecule has 0 aromatic carbocycles. The van der Waals surface area contributed by atoms with Gasteiger partial charge in [0, 0.05) is 27.1 Å². The van der Waals surface area contributed by atoms with Crippen LogP contribution in [0.4, 0.5) is 0 Å². The van der Waals surface area contributed by atoms with Crippen LogP contribution in [0.1, 0.15) is 0 Å². The fourth-order valence-electron chi connectivity index (χ4n) is 0.743. The molecule has 2 aromatic heterocycles. The van der Waals surface area contributed by atoms with Crippen molar-refractivity contribution in [2.75, 3.05) is 0 Å². The third-order valence-corrected chi connectivity index (χ3v) is 3.47. The Hall–Kier alpha value is 0.0500. The largest absolute Gasteiger partial charge is 0.411 e. The van der Waals surface area contributed by atoms with Crippen molar-refractivity contribution in [3.05, 3.63) is 19.8 Å². The third-order valence-electron chi connectivity index (χ3n) is 1.21. The second kappa shape index (κ2) is 3.43. The molecule has 62 valence electrons. The molecule has 0 spiro atoms. The summed E-state index contributed by atoms with van der Waals surface area (Å²) >= 11 is 6.95. The molecule has 0 saturated carbocycles. The molecule has 0 aliphatic heterocycles. The number of aromatic nitrogens is 2. The highest BCUT2D eigenvalue weighted by Crippen LogP contribution is 2.32. The van der Waals surface area contributed by atoms with E-state index in [1.54, 1.807) is 11.3 Å². The maximum Gasteiger partial charge on any atom is 0.278 e. The Balaban J connectivity index is 2.50. The molecule has 2 heterocycles. The van der Waals surface area contributed by atoms with Crippen LogP contribution in [0.15, 0.2) is 20.3 Å². The minimum Gasteiger partial charge on any atom is -0.411 e. The summed E-state index contributed by atoms with van der Waals surface area (Å²) in [5, 5.41) is 9.61. The van der Waals surface area contributed by atoms with E-state index in [2.05, 4.69) is 26.1 Å². The summed E-state index contributed by atoms with van der Waals surface area (Å²) in [5.41, 5.74) is 0. The Kier molecular flexibility index (Phi) is 2.47. The molecule has 0 bridgehead atoms. The van der Waals surface area contributed by atoms with Crippen LogP contribution in [-0.2, 0) is 0 Å². The van der Waals surface area contributed by atoms with E-state index in [0.29, 0.717) is 9.79 Å². The number of thiophene rings is 1. The second-order valence-electron chi connectivity index (χ2n) is 1.96. The highest BCUT2D eigenvalue weighted by atomic mass is 127. The van der Waals surface area contributed by atoms with Crippen molar-refractivity contribution in [3.8, 4) is 10.8 Å². The van der Waals surface area contributed by atoms with E-state index in [9.17, 15) is 0 Å². The van der Waals surface area contributed by atoms with E-state index in [4.69, 9.17) is 4.42 Å². The molecule has 2 rings (SSSR count). The van der Waals surface area contributed by atoms with Gasteiger partial charge < -0.3 is 4.42 Å². The van der Waals surface area contributed by atoms with Crippen LogP contribution in [-0.4, -0.2) is 10.2 Å². The Morgan fingerprint density at radius 2 is 2.33 bits per heavy atom. The normalized spacial score (nSPS) is 10.5. The summed E-state index contributed by atoms with van der Waals surface area (Å²) in [5.74, 6) is 0.571. The number of nitrogens with zero attached hydrogens (tertiary/aromatic N) is 2. The van der Waals surface area contributed by atoms with Crippen LogP contribution in [0, 0.1) is 3.90 Å². The summed E-state index contributed by atoms with van der Waals surface area (Å²) in [7, 11) is 0. The van der Waals surface area contributed by atoms with Gasteiger partial charge in [-0.05, 0) is 27.4 Å². The van der Waals surface area contributed by atoms with Gasteiger partial charge in [0.05, 0.1) is 0 Å². The molecular weight excluding hydrogens is 355 g/mol. The van der Waals surface area contributed by atoms with Gasteiger partial charge in [0.15, 0.2) is 0 Å². The molecular formula is C6H2BrIN2OS. The lowest BCUT2D eigenvalue weighted by atomic mass is 10.5. The molecule has 0 saturated heterocycles. The highest BCUT2D eigenvalue weighted by Gasteiger charge is 2.10. The monoisotopic (exact) mass is 356 g/mol. The van der Waals surface area contributed by atoms with Crippen LogP contribution in [0.5, 0.6) is 0 Å². The fraction of sp³-hybridized carbons (Fsp3) is 0. The van der Waals surface area contributed by atoms with Crippen molar-refractivity contribution < 1.29 is 4.42 Å². The van der Waals surface area contributed by atoms with E-state index in [1.165, 1.54) is 0 Å². The van der Waals surface area contributed by atoms with Gasteiger partial charge in [-0.15, -0.1) is 21.5 Å². The van der Waals surface area contributed by atoms with E-state index < -0.39 is 0 Å². The molecule has 3 nitrogen and oxygen atoms in total. The zero-order chi connectivity index (χ0) is 8.55. The summed E-state index contributed by atoms with van der Waals surface area (Å²) in [4.78, 5) is 0.977. The zero-order valence-corrected chi connectivity index (χ0v) is 10.2. The molecule has 0 aliphatic rings. The quantitative estimate of drug-likeness (QED) is 0.737. The lowest BCUT2D eigenvalue weighted by Gasteiger charge is -1.86. The number of hydrogen-bond donors (Lipinski definition) is 0. The first-order chi connectivity index (χ1) is 5.77. The average Bonchev–Trinajstić information content (AvgIpc) is 2.58. The van der Waals surface area contributed by atoms with E-state index in [-0.39, 0.29) is 0 Å². The molecule has 2 aromatic rings. The van der Waals surface area contributed by atoms with Gasteiger partial charge in [0.2, 0.25) is 0 Å². The van der Waals surface area contributed by atoms with Crippen LogP contribution in [0.25, 0.3) is 10.8 Å². The lowest BCUT2D eigenvalue weighted by Crippen LogP contribution is -1.72. The lowest BCUT2D eigenvalue weighted by molar-refractivity contribution is 0.538. The van der Waals surface area contributed by atoms with Crippen molar-refractivity contribution in [2.45, 2.75) is 0 Å². The standard InChI is InChI=1S/C6H2BrIN2OS/c7-3-1-2-12-4(3)5-9-10-6(8)11-5/h1-2H. The fourth-order valence-corrected chi connectivity index (χ4v) is 2.52. The van der Waals surface area contributed by atoms with Gasteiger partial charge in [0.1, 0.15) is 4.88 Å². The van der Waals surface area contributed by atoms with Crippen LogP contribution in [0.3, 0.4) is 0 Å². The summed E-state index contributed by atoms with van der Waals surface area (Å²) in [6, 6.07) is 1.96. The van der Waals surface area contributed by atoms with Gasteiger partial charge in [-0.25, -0.2) is 0 Å². The predicted octanol–water partition coefficient (Wildman–Crippen LogP) is 3.17. The number of halogens is 2. The molecule has 0 N–H and O–H groups in total. The van der Waals surface area contributed by atoms with Gasteiger partial charge in [0.25, 0.3) is 9.79 Å². The molecule has 6 heteroatoms. The zero-order valence-electron chi connectivity index (χ0n) is 5.62. The van der Waals surface area contributed by atoms with Crippen LogP contribution >= 0.6 is 49.9 Å². The molecule has 0 radical (unpaired) electrons. The first-order valence-corrected chi connectivity index (χ1v) is 5.75. The maximum absolute atomic E-state index is 5.25. The smallest absolute Gasteiger partial charge is 0.278 e. The predicted molar refractivity (Wildman–Crippen MR) is 58.0 cm³/mol. The second-order valence-corrected chi connectivity index (χ2v) is 4.65. The summed E-state index contributed by atoms with van der Waals surface area (Å²) in [6.45, 7) is 0. The van der Waals surface area contributed by atoms with Crippen LogP contribution in [0.2, 0.25) is 0 Å². The number of hydrogen-bond acceptors (Lipinski definition) is 4. The topological polar surface area (TPSA) is 38.9 Å². The van der Waals surface area contributed by atoms with E-state index in [0.717, 1.165) is 9.35 Å². The number of rotatable bonds is 1. The Bertz CT molecular complexity index is 400. The Morgan fingerprint density at radius 1 is 1.50 bits per heavy atom. The Morgan fingerprint density at radius 3 is 2.83 bits per heavy atom. The molecule has 0 fully saturated rings. The first-order valence-electron chi connectivity index (χ1n) is 3.00. The SMILES string of the molecule is Brc1ccsc1-c1nnc(I)o1. The minimum absolute atomic E-state index is 0.558. The minimum atomic E-state index is 0.558. The molecule has 0 unspecified atom stereocenters. The van der Waals surface area contributed by atoms with Crippen molar-refractivity contribution >= 4 is 49.9 Å². The van der Waals surface area contributed by atoms with Crippen LogP contribution < -0.4 is 0 Å². The van der Waals surface area contributed by atoms with Gasteiger partial charge in [-0.1, -0.05) is 0 Å². The summed E-state index contributed by atoms with van der Waals surface area (Å²) in [6.07, 6.45) is 0. The first kappa shape index (κ1) is 8.64. The molecule has 0 amide bonds. The third kappa shape index (κ3) is 1.55. The maximum atomic E-state index is 5.25. The van der Waals surface area contributed by atoms with Crippen molar-refractivity contribution in [1.82, 2.24) is 10.2 Å². The molecule has 0 aliphatic carbocycles. The van der Waals surface area contributed by atoms with Gasteiger partial charge >= 0.3 is 0 Å². The summed E-state index contributed by atoms with van der Waals surface area (Å²) < 4.78 is 6.80. The van der Waals surface area contributed by atoms with Gasteiger partial charge in [-0.2, -0.15) is 0 Å². The van der Waals surface area contributed by atoms with E-state index >= 15 is 0 Å². The highest BCUT2D eigenvalue weighted by molar-refractivity contribution is 14.1. The van der Waals surface area contributed by atoms with Gasteiger partial charge in [-0.3, -0.25) is 0 Å².